The number of hydrogen-bond acceptors (Lipinski definition) is 0. The molecule has 0 aliphatic carbocycles. The van der Waals surface area contributed by atoms with Crippen molar-refractivity contribution in [2.24, 2.45) is 0 Å². The predicted molar refractivity (Wildman–Crippen MR) is 141 cm³/mol. The van der Waals surface area contributed by atoms with Gasteiger partial charge in [-0.15, -0.1) is 0 Å². The van der Waals surface area contributed by atoms with Crippen molar-refractivity contribution in [3.63, 3.8) is 0 Å². The molecule has 0 radical (unpaired) electrons. The Hall–Kier alpha value is -4.04. The molecule has 7 rings (SSSR count). The molecule has 33 heavy (non-hydrogen) atoms. The normalized spacial score (nSPS) is 13.8. The number of hydrogen-bond donors (Lipinski definition) is 0. The Morgan fingerprint density at radius 2 is 1.15 bits per heavy atom. The second-order valence-electron chi connectivity index (χ2n) is 9.06. The van der Waals surface area contributed by atoms with E-state index in [0.29, 0.717) is 0 Å². The minimum atomic E-state index is -0.395. The van der Waals surface area contributed by atoms with Crippen molar-refractivity contribution in [2.75, 3.05) is 0 Å². The van der Waals surface area contributed by atoms with Gasteiger partial charge in [0.05, 0.1) is 22.1 Å². The molecule has 0 saturated carbocycles. The van der Waals surface area contributed by atoms with Gasteiger partial charge in [-0.25, -0.2) is 0 Å². The van der Waals surface area contributed by atoms with Crippen LogP contribution in [0.1, 0.15) is 22.3 Å². The Balaban J connectivity index is 1.81. The lowest BCUT2D eigenvalue weighted by atomic mass is 9.62. The van der Waals surface area contributed by atoms with Crippen molar-refractivity contribution >= 4 is 35.1 Å². The van der Waals surface area contributed by atoms with E-state index in [0.717, 1.165) is 0 Å². The predicted octanol–water partition coefficient (Wildman–Crippen LogP) is 5.74. The summed E-state index contributed by atoms with van der Waals surface area (Å²) in [7, 11) is 2.23. The van der Waals surface area contributed by atoms with Gasteiger partial charge in [0, 0.05) is 10.8 Å². The summed E-state index contributed by atoms with van der Waals surface area (Å²) < 4.78 is 2.49. The molecule has 1 aliphatic heterocycles. The van der Waals surface area contributed by atoms with Gasteiger partial charge in [-0.2, -0.15) is 0 Å². The lowest BCUT2D eigenvalue weighted by molar-refractivity contribution is 0.728. The van der Waals surface area contributed by atoms with E-state index in [4.69, 9.17) is 0 Å². The Morgan fingerprint density at radius 3 is 1.88 bits per heavy atom. The highest BCUT2D eigenvalue weighted by atomic mass is 15.0. The number of benzene rings is 5. The third-order valence-electron chi connectivity index (χ3n) is 7.28. The van der Waals surface area contributed by atoms with Crippen LogP contribution >= 0.6 is 0 Å². The summed E-state index contributed by atoms with van der Waals surface area (Å²) in [6.07, 6.45) is 0. The van der Waals surface area contributed by atoms with Crippen LogP contribution in [-0.4, -0.2) is 12.4 Å². The van der Waals surface area contributed by atoms with E-state index >= 15 is 0 Å². The number of aromatic nitrogens is 1. The van der Waals surface area contributed by atoms with Gasteiger partial charge < -0.3 is 4.57 Å². The van der Waals surface area contributed by atoms with E-state index in [-0.39, 0.29) is 0 Å². The Bertz CT molecular complexity index is 1620. The second kappa shape index (κ2) is 6.73. The summed E-state index contributed by atoms with van der Waals surface area (Å²) >= 11 is 0. The monoisotopic (exact) mass is 419 g/mol. The molecular formula is C31H22BN. The first kappa shape index (κ1) is 18.5. The molecule has 2 heterocycles. The first-order valence-corrected chi connectivity index (χ1v) is 11.6. The summed E-state index contributed by atoms with van der Waals surface area (Å²) in [4.78, 5) is 0. The van der Waals surface area contributed by atoms with Gasteiger partial charge in [-0.3, -0.25) is 0 Å². The van der Waals surface area contributed by atoms with Gasteiger partial charge in [-0.1, -0.05) is 115 Å². The molecule has 1 aromatic heterocycles. The molecule has 2 heteroatoms. The fourth-order valence-electron chi connectivity index (χ4n) is 6.07. The summed E-state index contributed by atoms with van der Waals surface area (Å²) in [5.41, 5.74) is 10.00. The molecule has 0 saturated heterocycles. The first-order chi connectivity index (χ1) is 16.3. The average molecular weight is 419 g/mol. The summed E-state index contributed by atoms with van der Waals surface area (Å²) in [6.45, 7) is 0. The summed E-state index contributed by atoms with van der Waals surface area (Å²) in [5.74, 6) is 0. The Kier molecular flexibility index (Phi) is 3.78. The molecule has 0 bridgehead atoms. The van der Waals surface area contributed by atoms with Gasteiger partial charge in [-0.05, 0) is 34.4 Å². The van der Waals surface area contributed by atoms with Gasteiger partial charge in [0.1, 0.15) is 7.85 Å². The minimum Gasteiger partial charge on any atom is -0.309 e. The zero-order valence-corrected chi connectivity index (χ0v) is 18.5. The molecule has 0 N–H and O–H groups in total. The average Bonchev–Trinajstić information content (AvgIpc) is 3.21. The molecule has 1 nitrogen and oxygen atoms in total. The number of fused-ring (bicyclic) bond motifs is 5. The van der Waals surface area contributed by atoms with Crippen LogP contribution in [0.15, 0.2) is 121 Å². The van der Waals surface area contributed by atoms with Crippen LogP contribution in [0.4, 0.5) is 0 Å². The molecular weight excluding hydrogens is 397 g/mol. The maximum absolute atomic E-state index is 2.49. The van der Waals surface area contributed by atoms with E-state index in [1.807, 2.05) is 0 Å². The van der Waals surface area contributed by atoms with Crippen LogP contribution in [-0.2, 0) is 5.41 Å². The van der Waals surface area contributed by atoms with Crippen LogP contribution in [0.25, 0.3) is 27.5 Å². The lowest BCUT2D eigenvalue weighted by Gasteiger charge is -2.42. The third-order valence-corrected chi connectivity index (χ3v) is 7.28. The molecule has 0 unspecified atom stereocenters. The SMILES string of the molecule is Bc1cc2c3c(c1)c1ccccc1n3-c1ccccc1C2(c1ccccc1)c1ccccc1. The second-order valence-corrected chi connectivity index (χ2v) is 9.06. The molecule has 0 fully saturated rings. The van der Waals surface area contributed by atoms with Crippen LogP contribution in [0.5, 0.6) is 0 Å². The van der Waals surface area contributed by atoms with Crippen molar-refractivity contribution in [1.29, 1.82) is 0 Å². The lowest BCUT2D eigenvalue weighted by Crippen LogP contribution is -2.36. The number of para-hydroxylation sites is 2. The molecule has 154 valence electrons. The van der Waals surface area contributed by atoms with Gasteiger partial charge in [0.2, 0.25) is 0 Å². The highest BCUT2D eigenvalue weighted by Crippen LogP contribution is 2.53. The van der Waals surface area contributed by atoms with E-state index < -0.39 is 5.41 Å². The standard InChI is InChI=1S/C31H22BN/c32-23-19-25-24-15-7-9-17-28(24)33-29-18-10-8-16-26(29)31(27(20-23)30(25)33,21-11-3-1-4-12-21)22-13-5-2-6-14-22/h1-20H,32H2. The van der Waals surface area contributed by atoms with Gasteiger partial charge in [0.15, 0.2) is 0 Å². The molecule has 1 aliphatic rings. The van der Waals surface area contributed by atoms with Gasteiger partial charge >= 0.3 is 0 Å². The van der Waals surface area contributed by atoms with Crippen molar-refractivity contribution in [3.05, 3.63) is 144 Å². The fourth-order valence-corrected chi connectivity index (χ4v) is 6.07. The Morgan fingerprint density at radius 1 is 0.545 bits per heavy atom. The maximum Gasteiger partial charge on any atom is 0.139 e. The minimum absolute atomic E-state index is 0.395. The van der Waals surface area contributed by atoms with E-state index in [2.05, 4.69) is 134 Å². The van der Waals surface area contributed by atoms with Crippen molar-refractivity contribution in [2.45, 2.75) is 5.41 Å². The highest BCUT2D eigenvalue weighted by Gasteiger charge is 2.45. The van der Waals surface area contributed by atoms with Crippen LogP contribution in [0.2, 0.25) is 0 Å². The van der Waals surface area contributed by atoms with Crippen molar-refractivity contribution in [3.8, 4) is 5.69 Å². The molecule has 5 aromatic carbocycles. The summed E-state index contributed by atoms with van der Waals surface area (Å²) in [5, 5.41) is 2.63. The Labute approximate surface area is 194 Å². The van der Waals surface area contributed by atoms with Crippen molar-refractivity contribution in [1.82, 2.24) is 4.57 Å². The largest absolute Gasteiger partial charge is 0.309 e. The van der Waals surface area contributed by atoms with Crippen molar-refractivity contribution < 1.29 is 0 Å². The maximum atomic E-state index is 2.49. The first-order valence-electron chi connectivity index (χ1n) is 11.6. The van der Waals surface area contributed by atoms with Gasteiger partial charge in [0.25, 0.3) is 0 Å². The van der Waals surface area contributed by atoms with Crippen LogP contribution < -0.4 is 5.46 Å². The zero-order valence-electron chi connectivity index (χ0n) is 18.5. The van der Waals surface area contributed by atoms with E-state index in [1.54, 1.807) is 0 Å². The summed E-state index contributed by atoms with van der Waals surface area (Å²) in [6, 6.07) is 44.6. The molecule has 6 aromatic rings. The molecule has 0 atom stereocenters. The third kappa shape index (κ3) is 2.33. The fraction of sp³-hybridized carbons (Fsp3) is 0.0323. The van der Waals surface area contributed by atoms with E-state index in [1.165, 1.54) is 55.2 Å². The number of nitrogens with zero attached hydrogens (tertiary/aromatic N) is 1. The highest BCUT2D eigenvalue weighted by molar-refractivity contribution is 6.34. The van der Waals surface area contributed by atoms with Crippen LogP contribution in [0.3, 0.4) is 0 Å². The van der Waals surface area contributed by atoms with Crippen LogP contribution in [0, 0.1) is 0 Å². The zero-order chi connectivity index (χ0) is 22.0. The number of rotatable bonds is 2. The quantitative estimate of drug-likeness (QED) is 0.315. The molecule has 0 amide bonds. The molecule has 0 spiro atoms. The smallest absolute Gasteiger partial charge is 0.139 e. The van der Waals surface area contributed by atoms with E-state index in [9.17, 15) is 0 Å². The topological polar surface area (TPSA) is 4.93 Å².